The summed E-state index contributed by atoms with van der Waals surface area (Å²) in [5.74, 6) is -0.410. The quantitative estimate of drug-likeness (QED) is 0.708. The van der Waals surface area contributed by atoms with Crippen molar-refractivity contribution in [3.8, 4) is 5.75 Å². The molecule has 0 aromatic heterocycles. The molecule has 0 bridgehead atoms. The van der Waals surface area contributed by atoms with Gasteiger partial charge in [-0.3, -0.25) is 9.69 Å². The van der Waals surface area contributed by atoms with Gasteiger partial charge in [0.15, 0.2) is 6.61 Å². The Bertz CT molecular complexity index is 1010. The van der Waals surface area contributed by atoms with Crippen molar-refractivity contribution < 1.29 is 31.1 Å². The largest absolute Gasteiger partial charge is 0.481 e. The van der Waals surface area contributed by atoms with Gasteiger partial charge < -0.3 is 4.74 Å². The molecule has 138 valence electrons. The first-order valence-corrected chi connectivity index (χ1v) is 9.52. The maximum absolute atomic E-state index is 12.8. The Morgan fingerprint density at radius 1 is 1.12 bits per heavy atom. The predicted octanol–water partition coefficient (Wildman–Crippen LogP) is 4.00. The molecule has 0 atom stereocenters. The first-order valence-electron chi connectivity index (χ1n) is 7.21. The second kappa shape index (κ2) is 6.17. The van der Waals surface area contributed by atoms with Crippen molar-refractivity contribution >= 4 is 37.0 Å². The van der Waals surface area contributed by atoms with E-state index < -0.39 is 26.7 Å². The van der Waals surface area contributed by atoms with Gasteiger partial charge in [0.1, 0.15) is 5.75 Å². The maximum atomic E-state index is 12.8. The van der Waals surface area contributed by atoms with Crippen LogP contribution in [0.5, 0.6) is 5.75 Å². The molecule has 3 rings (SSSR count). The molecule has 10 heteroatoms. The molecule has 1 aliphatic rings. The second-order valence-corrected chi connectivity index (χ2v) is 8.15. The number of hydrogen-bond donors (Lipinski definition) is 0. The number of nitrogens with zero attached hydrogens (tertiary/aromatic N) is 1. The third-order valence-electron chi connectivity index (χ3n) is 3.82. The number of alkyl halides is 3. The third kappa shape index (κ3) is 3.36. The molecule has 26 heavy (non-hydrogen) atoms. The molecule has 0 unspecified atom stereocenters. The average Bonchev–Trinajstić information content (AvgIpc) is 2.53. The standard InChI is InChI=1S/C16H11ClF3NO4S/c1-9-6-10(16(18,19)20)2-4-12(9)21-13-5-3-11(26(17,23)24)7-14(13)25-8-15(21)22/h2-7H,8H2,1H3. The van der Waals surface area contributed by atoms with E-state index in [0.29, 0.717) is 0 Å². The first kappa shape index (κ1) is 18.5. The molecule has 2 aromatic carbocycles. The number of aryl methyl sites for hydroxylation is 1. The lowest BCUT2D eigenvalue weighted by atomic mass is 10.1. The number of fused-ring (bicyclic) bond motifs is 1. The van der Waals surface area contributed by atoms with Gasteiger partial charge in [-0.15, -0.1) is 0 Å². The molecule has 2 aromatic rings. The highest BCUT2D eigenvalue weighted by Gasteiger charge is 2.33. The van der Waals surface area contributed by atoms with Crippen LogP contribution in [0, 0.1) is 6.92 Å². The maximum Gasteiger partial charge on any atom is 0.416 e. The number of amides is 1. The highest BCUT2D eigenvalue weighted by molar-refractivity contribution is 8.13. The van der Waals surface area contributed by atoms with Crippen LogP contribution in [-0.4, -0.2) is 20.9 Å². The zero-order chi connectivity index (χ0) is 19.3. The van der Waals surface area contributed by atoms with Crippen molar-refractivity contribution in [1.82, 2.24) is 0 Å². The van der Waals surface area contributed by atoms with Crippen molar-refractivity contribution in [2.75, 3.05) is 11.5 Å². The molecule has 1 amide bonds. The second-order valence-electron chi connectivity index (χ2n) is 5.58. The first-order chi connectivity index (χ1) is 12.0. The van der Waals surface area contributed by atoms with Crippen LogP contribution in [0.4, 0.5) is 24.5 Å². The summed E-state index contributed by atoms with van der Waals surface area (Å²) in [5, 5.41) is 0. The van der Waals surface area contributed by atoms with Crippen molar-refractivity contribution in [3.63, 3.8) is 0 Å². The minimum atomic E-state index is -4.50. The van der Waals surface area contributed by atoms with E-state index in [9.17, 15) is 26.4 Å². The number of halogens is 4. The lowest BCUT2D eigenvalue weighted by Crippen LogP contribution is -2.35. The van der Waals surface area contributed by atoms with Crippen LogP contribution in [0.1, 0.15) is 11.1 Å². The Kier molecular flexibility index (Phi) is 4.40. The van der Waals surface area contributed by atoms with Crippen LogP contribution < -0.4 is 9.64 Å². The van der Waals surface area contributed by atoms with Crippen LogP contribution in [0.15, 0.2) is 41.3 Å². The summed E-state index contributed by atoms with van der Waals surface area (Å²) in [5.41, 5.74) is -0.138. The van der Waals surface area contributed by atoms with Gasteiger partial charge in [0.05, 0.1) is 21.8 Å². The zero-order valence-corrected chi connectivity index (χ0v) is 14.7. The highest BCUT2D eigenvalue weighted by atomic mass is 35.7. The molecular formula is C16H11ClF3NO4S. The monoisotopic (exact) mass is 405 g/mol. The molecule has 0 fully saturated rings. The van der Waals surface area contributed by atoms with Crippen molar-refractivity contribution in [2.24, 2.45) is 0 Å². The zero-order valence-electron chi connectivity index (χ0n) is 13.2. The minimum Gasteiger partial charge on any atom is -0.481 e. The van der Waals surface area contributed by atoms with Crippen molar-refractivity contribution in [2.45, 2.75) is 18.0 Å². The van der Waals surface area contributed by atoms with Gasteiger partial charge in [0, 0.05) is 16.7 Å². The Morgan fingerprint density at radius 3 is 2.35 bits per heavy atom. The Hall–Kier alpha value is -2.26. The van der Waals surface area contributed by atoms with Gasteiger partial charge >= 0.3 is 6.18 Å². The van der Waals surface area contributed by atoms with Crippen LogP contribution in [-0.2, 0) is 20.0 Å². The predicted molar refractivity (Wildman–Crippen MR) is 88.3 cm³/mol. The Morgan fingerprint density at radius 2 is 1.77 bits per heavy atom. The molecule has 0 radical (unpaired) electrons. The van der Waals surface area contributed by atoms with Crippen LogP contribution in [0.3, 0.4) is 0 Å². The van der Waals surface area contributed by atoms with Crippen LogP contribution in [0.25, 0.3) is 0 Å². The van der Waals surface area contributed by atoms with E-state index in [1.807, 2.05) is 0 Å². The number of carbonyl (C=O) groups excluding carboxylic acids is 1. The number of hydrogen-bond acceptors (Lipinski definition) is 4. The van der Waals surface area contributed by atoms with Gasteiger partial charge in [-0.05, 0) is 42.8 Å². The van der Waals surface area contributed by atoms with E-state index in [1.54, 1.807) is 0 Å². The summed E-state index contributed by atoms with van der Waals surface area (Å²) >= 11 is 0. The van der Waals surface area contributed by atoms with Crippen molar-refractivity contribution in [3.05, 3.63) is 47.5 Å². The number of benzene rings is 2. The van der Waals surface area contributed by atoms with Crippen LogP contribution in [0.2, 0.25) is 0 Å². The summed E-state index contributed by atoms with van der Waals surface area (Å²) in [4.78, 5) is 13.3. The fourth-order valence-electron chi connectivity index (χ4n) is 2.63. The highest BCUT2D eigenvalue weighted by Crippen LogP contribution is 2.41. The summed E-state index contributed by atoms with van der Waals surface area (Å²) < 4.78 is 66.7. The number of carbonyl (C=O) groups is 1. The number of ether oxygens (including phenoxy) is 1. The number of anilines is 2. The molecule has 0 saturated carbocycles. The van der Waals surface area contributed by atoms with E-state index in [1.165, 1.54) is 30.0 Å². The molecule has 0 aliphatic carbocycles. The molecule has 0 spiro atoms. The average molecular weight is 406 g/mol. The van der Waals surface area contributed by atoms with E-state index in [4.69, 9.17) is 15.4 Å². The fourth-order valence-corrected chi connectivity index (χ4v) is 3.40. The third-order valence-corrected chi connectivity index (χ3v) is 5.17. The Balaban J connectivity index is 2.11. The van der Waals surface area contributed by atoms with Gasteiger partial charge in [-0.2, -0.15) is 13.2 Å². The summed E-state index contributed by atoms with van der Waals surface area (Å²) in [6, 6.07) is 6.68. The molecular weight excluding hydrogens is 395 g/mol. The van der Waals surface area contributed by atoms with E-state index in [-0.39, 0.29) is 34.2 Å². The summed E-state index contributed by atoms with van der Waals surface area (Å²) in [6.07, 6.45) is -4.50. The van der Waals surface area contributed by atoms with E-state index >= 15 is 0 Å². The van der Waals surface area contributed by atoms with Gasteiger partial charge in [-0.25, -0.2) is 8.42 Å². The summed E-state index contributed by atoms with van der Waals surface area (Å²) in [6.45, 7) is 1.06. The minimum absolute atomic E-state index is 0.0885. The topological polar surface area (TPSA) is 63.7 Å². The molecule has 1 heterocycles. The van der Waals surface area contributed by atoms with E-state index in [0.717, 1.165) is 18.2 Å². The fraction of sp³-hybridized carbons (Fsp3) is 0.188. The lowest BCUT2D eigenvalue weighted by Gasteiger charge is -2.31. The smallest absolute Gasteiger partial charge is 0.416 e. The SMILES string of the molecule is Cc1cc(C(F)(F)F)ccc1N1C(=O)COc2cc(S(=O)(=O)Cl)ccc21. The van der Waals surface area contributed by atoms with E-state index in [2.05, 4.69) is 0 Å². The molecule has 5 nitrogen and oxygen atoms in total. The normalized spacial score (nSPS) is 14.8. The van der Waals surface area contributed by atoms with Crippen molar-refractivity contribution in [1.29, 1.82) is 0 Å². The Labute approximate surface area is 151 Å². The van der Waals surface area contributed by atoms with Crippen LogP contribution >= 0.6 is 10.7 Å². The van der Waals surface area contributed by atoms with Gasteiger partial charge in [0.2, 0.25) is 0 Å². The van der Waals surface area contributed by atoms with Gasteiger partial charge in [-0.1, -0.05) is 0 Å². The molecule has 0 saturated heterocycles. The molecule has 0 N–H and O–H groups in total. The lowest BCUT2D eigenvalue weighted by molar-refractivity contribution is -0.137. The molecule has 1 aliphatic heterocycles. The summed E-state index contributed by atoms with van der Waals surface area (Å²) in [7, 11) is 1.30. The number of rotatable bonds is 2. The van der Waals surface area contributed by atoms with Gasteiger partial charge in [0.25, 0.3) is 15.0 Å².